The van der Waals surface area contributed by atoms with E-state index in [0.29, 0.717) is 6.04 Å². The summed E-state index contributed by atoms with van der Waals surface area (Å²) in [5.41, 5.74) is 2.24. The van der Waals surface area contributed by atoms with E-state index < -0.39 is 0 Å². The molecule has 0 aliphatic carbocycles. The summed E-state index contributed by atoms with van der Waals surface area (Å²) >= 11 is 3.57. The van der Waals surface area contributed by atoms with Gasteiger partial charge in [0, 0.05) is 26.2 Å². The molecule has 1 aromatic heterocycles. The number of halogens is 1. The molecule has 4 nitrogen and oxygen atoms in total. The van der Waals surface area contributed by atoms with Crippen LogP contribution in [0, 0.1) is 6.92 Å². The molecule has 2 heterocycles. The predicted molar refractivity (Wildman–Crippen MR) is 66.3 cm³/mol. The van der Waals surface area contributed by atoms with Crippen LogP contribution in [-0.4, -0.2) is 29.0 Å². The van der Waals surface area contributed by atoms with Crippen molar-refractivity contribution in [2.45, 2.75) is 32.4 Å². The van der Waals surface area contributed by atoms with Gasteiger partial charge in [0.15, 0.2) is 0 Å². The Morgan fingerprint density at radius 2 is 2.44 bits per heavy atom. The number of hydrogen-bond acceptors (Lipinski definition) is 3. The Balaban J connectivity index is 1.93. The minimum atomic E-state index is 0.482. The average molecular weight is 288 g/mol. The molecular weight excluding hydrogens is 270 g/mol. The van der Waals surface area contributed by atoms with Crippen molar-refractivity contribution in [3.63, 3.8) is 0 Å². The molecule has 1 saturated heterocycles. The molecule has 0 aromatic carbocycles. The van der Waals surface area contributed by atoms with Gasteiger partial charge in [-0.05, 0) is 35.7 Å². The van der Waals surface area contributed by atoms with Crippen LogP contribution in [0.15, 0.2) is 4.47 Å². The fraction of sp³-hybridized carbons (Fsp3) is 0.727. The number of nitrogens with zero attached hydrogens (tertiary/aromatic N) is 2. The van der Waals surface area contributed by atoms with Gasteiger partial charge in [0.05, 0.1) is 22.5 Å². The molecule has 2 rings (SSSR count). The predicted octanol–water partition coefficient (Wildman–Crippen LogP) is 1.76. The number of ether oxygens (including phenoxy) is 1. The second kappa shape index (κ2) is 5.29. The molecule has 0 saturated carbocycles. The molecule has 16 heavy (non-hydrogen) atoms. The molecule has 90 valence electrons. The van der Waals surface area contributed by atoms with Crippen LogP contribution in [-0.2, 0) is 18.3 Å². The van der Waals surface area contributed by atoms with E-state index in [1.807, 2.05) is 18.7 Å². The lowest BCUT2D eigenvalue weighted by atomic mass is 10.1. The van der Waals surface area contributed by atoms with Crippen LogP contribution in [0.1, 0.15) is 24.2 Å². The van der Waals surface area contributed by atoms with Crippen LogP contribution in [0.5, 0.6) is 0 Å². The van der Waals surface area contributed by atoms with Crippen LogP contribution in [0.3, 0.4) is 0 Å². The quantitative estimate of drug-likeness (QED) is 0.921. The van der Waals surface area contributed by atoms with Gasteiger partial charge in [-0.2, -0.15) is 5.10 Å². The highest BCUT2D eigenvalue weighted by Gasteiger charge is 2.15. The van der Waals surface area contributed by atoms with Crippen LogP contribution < -0.4 is 5.32 Å². The lowest BCUT2D eigenvalue weighted by molar-refractivity contribution is 0.0697. The molecule has 1 aliphatic heterocycles. The van der Waals surface area contributed by atoms with Gasteiger partial charge in [-0.1, -0.05) is 0 Å². The molecule has 1 atom stereocenters. The number of aryl methyl sites for hydroxylation is 2. The molecule has 0 spiro atoms. The van der Waals surface area contributed by atoms with E-state index in [-0.39, 0.29) is 0 Å². The molecule has 1 aromatic rings. The highest BCUT2D eigenvalue weighted by atomic mass is 79.9. The van der Waals surface area contributed by atoms with E-state index >= 15 is 0 Å². The van der Waals surface area contributed by atoms with Gasteiger partial charge in [0.1, 0.15) is 0 Å². The zero-order valence-electron chi connectivity index (χ0n) is 9.79. The molecule has 0 amide bonds. The van der Waals surface area contributed by atoms with E-state index in [2.05, 4.69) is 26.3 Å². The third-order valence-corrected chi connectivity index (χ3v) is 4.01. The first kappa shape index (κ1) is 12.1. The first-order chi connectivity index (χ1) is 7.68. The molecule has 1 fully saturated rings. The van der Waals surface area contributed by atoms with Crippen molar-refractivity contribution in [3.05, 3.63) is 15.9 Å². The summed E-state index contributed by atoms with van der Waals surface area (Å²) < 4.78 is 8.48. The number of aromatic nitrogens is 2. The fourth-order valence-corrected chi connectivity index (χ4v) is 2.49. The van der Waals surface area contributed by atoms with Crippen molar-refractivity contribution in [2.75, 3.05) is 13.2 Å². The van der Waals surface area contributed by atoms with Gasteiger partial charge in [-0.15, -0.1) is 0 Å². The molecule has 1 aliphatic rings. The minimum Gasteiger partial charge on any atom is -0.380 e. The Kier molecular flexibility index (Phi) is 4.00. The monoisotopic (exact) mass is 287 g/mol. The topological polar surface area (TPSA) is 39.1 Å². The summed E-state index contributed by atoms with van der Waals surface area (Å²) in [5, 5.41) is 7.89. The van der Waals surface area contributed by atoms with Crippen molar-refractivity contribution >= 4 is 15.9 Å². The Morgan fingerprint density at radius 3 is 3.00 bits per heavy atom. The highest BCUT2D eigenvalue weighted by molar-refractivity contribution is 9.10. The minimum absolute atomic E-state index is 0.482. The number of hydrogen-bond donors (Lipinski definition) is 1. The lowest BCUT2D eigenvalue weighted by Gasteiger charge is -2.23. The SMILES string of the molecule is Cc1nn(C)c(CNC2CCCOC2)c1Br. The molecule has 0 radical (unpaired) electrons. The largest absolute Gasteiger partial charge is 0.380 e. The van der Waals surface area contributed by atoms with Gasteiger partial charge in [-0.25, -0.2) is 0 Å². The smallest absolute Gasteiger partial charge is 0.0739 e. The van der Waals surface area contributed by atoms with E-state index in [9.17, 15) is 0 Å². The Bertz CT molecular complexity index is 358. The van der Waals surface area contributed by atoms with Crippen LogP contribution in [0.2, 0.25) is 0 Å². The van der Waals surface area contributed by atoms with Crippen LogP contribution in [0.4, 0.5) is 0 Å². The van der Waals surface area contributed by atoms with Gasteiger partial charge < -0.3 is 10.1 Å². The van der Waals surface area contributed by atoms with Crippen molar-refractivity contribution in [2.24, 2.45) is 7.05 Å². The molecule has 5 heteroatoms. The van der Waals surface area contributed by atoms with Crippen LogP contribution >= 0.6 is 15.9 Å². The second-order valence-electron chi connectivity index (χ2n) is 4.26. The van der Waals surface area contributed by atoms with Crippen molar-refractivity contribution in [1.82, 2.24) is 15.1 Å². The first-order valence-electron chi connectivity index (χ1n) is 5.67. The third-order valence-electron chi connectivity index (χ3n) is 2.98. The normalized spacial score (nSPS) is 21.3. The van der Waals surface area contributed by atoms with Gasteiger partial charge in [0.25, 0.3) is 0 Å². The number of nitrogens with one attached hydrogen (secondary N) is 1. The maximum Gasteiger partial charge on any atom is 0.0739 e. The average Bonchev–Trinajstić information content (AvgIpc) is 2.53. The van der Waals surface area contributed by atoms with E-state index in [1.54, 1.807) is 0 Å². The van der Waals surface area contributed by atoms with E-state index in [0.717, 1.165) is 36.3 Å². The van der Waals surface area contributed by atoms with Crippen molar-refractivity contribution < 1.29 is 4.74 Å². The Hall–Kier alpha value is -0.390. The molecule has 1 N–H and O–H groups in total. The van der Waals surface area contributed by atoms with E-state index in [4.69, 9.17) is 4.74 Å². The summed E-state index contributed by atoms with van der Waals surface area (Å²) in [6, 6.07) is 0.482. The maximum absolute atomic E-state index is 5.44. The van der Waals surface area contributed by atoms with Crippen LogP contribution in [0.25, 0.3) is 0 Å². The Labute approximate surface area is 104 Å². The van der Waals surface area contributed by atoms with Crippen molar-refractivity contribution in [1.29, 1.82) is 0 Å². The fourth-order valence-electron chi connectivity index (χ4n) is 2.01. The number of rotatable bonds is 3. The molecule has 1 unspecified atom stereocenters. The Morgan fingerprint density at radius 1 is 1.62 bits per heavy atom. The van der Waals surface area contributed by atoms with Gasteiger partial charge in [-0.3, -0.25) is 4.68 Å². The summed E-state index contributed by atoms with van der Waals surface area (Å²) in [6.45, 7) is 4.59. The third kappa shape index (κ3) is 2.64. The highest BCUT2D eigenvalue weighted by Crippen LogP contribution is 2.20. The lowest BCUT2D eigenvalue weighted by Crippen LogP contribution is -2.36. The summed E-state index contributed by atoms with van der Waals surface area (Å²) in [7, 11) is 1.98. The first-order valence-corrected chi connectivity index (χ1v) is 6.47. The molecular formula is C11H18BrN3O. The van der Waals surface area contributed by atoms with E-state index in [1.165, 1.54) is 12.1 Å². The van der Waals surface area contributed by atoms with Gasteiger partial charge >= 0.3 is 0 Å². The zero-order valence-corrected chi connectivity index (χ0v) is 11.4. The standard InChI is InChI=1S/C11H18BrN3O/c1-8-11(12)10(15(2)14-8)6-13-9-4-3-5-16-7-9/h9,13H,3-7H2,1-2H3. The van der Waals surface area contributed by atoms with Gasteiger partial charge in [0.2, 0.25) is 0 Å². The summed E-state index contributed by atoms with van der Waals surface area (Å²) in [6.07, 6.45) is 2.36. The summed E-state index contributed by atoms with van der Waals surface area (Å²) in [4.78, 5) is 0. The second-order valence-corrected chi connectivity index (χ2v) is 5.06. The maximum atomic E-state index is 5.44. The van der Waals surface area contributed by atoms with Crippen molar-refractivity contribution in [3.8, 4) is 0 Å². The molecule has 0 bridgehead atoms. The summed E-state index contributed by atoms with van der Waals surface area (Å²) in [5.74, 6) is 0. The zero-order chi connectivity index (χ0) is 11.5.